The lowest BCUT2D eigenvalue weighted by Crippen LogP contribution is -2.34. The highest BCUT2D eigenvalue weighted by molar-refractivity contribution is 8.23. The smallest absolute Gasteiger partial charge is 0.234 e. The van der Waals surface area contributed by atoms with E-state index < -0.39 is 0 Å². The number of carbonyl (C=O) groups is 2. The second-order valence-electron chi connectivity index (χ2n) is 12.2. The van der Waals surface area contributed by atoms with Gasteiger partial charge in [0, 0.05) is 26.2 Å². The normalized spacial score (nSPS) is 13.2. The van der Waals surface area contributed by atoms with Gasteiger partial charge < -0.3 is 20.4 Å². The Hall–Kier alpha value is -4.72. The number of nitrogens with one attached hydrogen (secondary N) is 2. The second-order valence-corrected chi connectivity index (χ2v) is 15.5. The second kappa shape index (κ2) is 17.0. The summed E-state index contributed by atoms with van der Waals surface area (Å²) in [6.45, 7) is 3.12. The quantitative estimate of drug-likeness (QED) is 0.182. The van der Waals surface area contributed by atoms with Crippen molar-refractivity contribution in [1.29, 1.82) is 10.5 Å². The molecule has 51 heavy (non-hydrogen) atoms. The molecule has 256 valence electrons. The van der Waals surface area contributed by atoms with Gasteiger partial charge in [-0.15, -0.1) is 0 Å². The average Bonchev–Trinajstić information content (AvgIpc) is 3.16. The van der Waals surface area contributed by atoms with Crippen LogP contribution in [0.3, 0.4) is 0 Å². The van der Waals surface area contributed by atoms with Crippen LogP contribution in [-0.4, -0.2) is 54.9 Å². The van der Waals surface area contributed by atoms with Crippen molar-refractivity contribution in [2.24, 2.45) is 0 Å². The van der Waals surface area contributed by atoms with E-state index in [-0.39, 0.29) is 23.3 Å². The van der Waals surface area contributed by atoms with Crippen molar-refractivity contribution in [2.45, 2.75) is 32.4 Å². The molecule has 2 heterocycles. The first kappa shape index (κ1) is 36.1. The van der Waals surface area contributed by atoms with Crippen LogP contribution in [0.4, 0.5) is 11.4 Å². The summed E-state index contributed by atoms with van der Waals surface area (Å²) in [5.41, 5.74) is 8.43. The molecule has 0 radical (unpaired) electrons. The predicted molar refractivity (Wildman–Crippen MR) is 214 cm³/mol. The number of amides is 2. The number of hydrogen-bond acceptors (Lipinski definition) is 8. The molecule has 0 aliphatic carbocycles. The van der Waals surface area contributed by atoms with Crippen LogP contribution < -0.4 is 10.6 Å². The van der Waals surface area contributed by atoms with Crippen LogP contribution in [0.2, 0.25) is 0 Å². The van der Waals surface area contributed by atoms with Crippen LogP contribution in [0.25, 0.3) is 0 Å². The molecular weight excluding hydrogens is 713 g/mol. The standard InChI is InChI=1S/C39H34N6O2S4/c40-20-32-18-26(9-11-34(32)42-36(46)24-50-38(48)44-15-13-28-5-1-3-7-30(28)22-44)17-27-10-12-35(33(19-27)21-41)43-37(47)25-51-39(49)45-16-14-29-6-2-4-8-31(29)23-45/h1-12,18-19H,13-17,22-25H2,(H,42,46)(H,43,47). The van der Waals surface area contributed by atoms with Crippen LogP contribution >= 0.6 is 48.0 Å². The topological polar surface area (TPSA) is 112 Å². The number of thiocarbonyl (C=S) groups is 2. The molecule has 0 fully saturated rings. The summed E-state index contributed by atoms with van der Waals surface area (Å²) in [4.78, 5) is 29.9. The molecule has 8 nitrogen and oxygen atoms in total. The van der Waals surface area contributed by atoms with Crippen LogP contribution in [-0.2, 0) is 41.9 Å². The summed E-state index contributed by atoms with van der Waals surface area (Å²) in [5.74, 6) is -0.194. The predicted octanol–water partition coefficient (Wildman–Crippen LogP) is 7.05. The third kappa shape index (κ3) is 9.34. The zero-order chi connectivity index (χ0) is 35.7. The summed E-state index contributed by atoms with van der Waals surface area (Å²) in [5, 5.41) is 25.4. The monoisotopic (exact) mass is 746 g/mol. The molecule has 2 N–H and O–H groups in total. The van der Waals surface area contributed by atoms with E-state index in [0.29, 0.717) is 37.6 Å². The number of carbonyl (C=O) groups excluding carboxylic acids is 2. The Morgan fingerprint density at radius 3 is 1.47 bits per heavy atom. The minimum Gasteiger partial charge on any atom is -0.353 e. The first-order chi connectivity index (χ1) is 24.8. The summed E-state index contributed by atoms with van der Waals surface area (Å²) in [6.07, 6.45) is 2.30. The van der Waals surface area contributed by atoms with Gasteiger partial charge in [0.15, 0.2) is 0 Å². The highest BCUT2D eigenvalue weighted by Crippen LogP contribution is 2.26. The molecule has 0 spiro atoms. The Bertz CT molecular complexity index is 1940. The Labute approximate surface area is 317 Å². The van der Waals surface area contributed by atoms with Crippen molar-refractivity contribution < 1.29 is 9.59 Å². The van der Waals surface area contributed by atoms with E-state index in [2.05, 4.69) is 56.8 Å². The molecule has 2 aliphatic heterocycles. The van der Waals surface area contributed by atoms with Gasteiger partial charge in [-0.25, -0.2) is 0 Å². The maximum Gasteiger partial charge on any atom is 0.234 e. The maximum atomic E-state index is 12.8. The van der Waals surface area contributed by atoms with Crippen LogP contribution in [0.1, 0.15) is 44.5 Å². The zero-order valence-electron chi connectivity index (χ0n) is 27.7. The third-order valence-corrected chi connectivity index (χ3v) is 11.8. The number of nitriles is 2. The third-order valence-electron chi connectivity index (χ3n) is 8.80. The van der Waals surface area contributed by atoms with Crippen molar-refractivity contribution in [2.75, 3.05) is 35.2 Å². The van der Waals surface area contributed by atoms with Crippen molar-refractivity contribution in [3.05, 3.63) is 129 Å². The number of rotatable bonds is 8. The number of fused-ring (bicyclic) bond motifs is 2. The minimum atomic E-state index is -0.238. The average molecular weight is 747 g/mol. The van der Waals surface area contributed by atoms with Gasteiger partial charge in [0.25, 0.3) is 0 Å². The van der Waals surface area contributed by atoms with E-state index in [1.54, 1.807) is 24.3 Å². The molecule has 4 aromatic carbocycles. The van der Waals surface area contributed by atoms with Crippen molar-refractivity contribution >= 4 is 79.8 Å². The highest BCUT2D eigenvalue weighted by atomic mass is 32.2. The van der Waals surface area contributed by atoms with E-state index in [4.69, 9.17) is 24.4 Å². The van der Waals surface area contributed by atoms with E-state index in [0.717, 1.165) is 50.1 Å². The van der Waals surface area contributed by atoms with Gasteiger partial charge in [-0.3, -0.25) is 9.59 Å². The Kier molecular flexibility index (Phi) is 12.0. The van der Waals surface area contributed by atoms with Gasteiger partial charge in [-0.05, 0) is 76.9 Å². The van der Waals surface area contributed by atoms with Gasteiger partial charge in [0.1, 0.15) is 20.8 Å². The van der Waals surface area contributed by atoms with Crippen molar-refractivity contribution in [3.63, 3.8) is 0 Å². The first-order valence-corrected chi connectivity index (χ1v) is 19.2. The maximum absolute atomic E-state index is 12.8. The van der Waals surface area contributed by atoms with E-state index in [9.17, 15) is 20.1 Å². The Morgan fingerprint density at radius 1 is 0.647 bits per heavy atom. The number of nitrogens with zero attached hydrogens (tertiary/aromatic N) is 4. The van der Waals surface area contributed by atoms with Crippen molar-refractivity contribution in [3.8, 4) is 12.1 Å². The first-order valence-electron chi connectivity index (χ1n) is 16.4. The van der Waals surface area contributed by atoms with E-state index in [1.807, 2.05) is 36.4 Å². The fourth-order valence-electron chi connectivity index (χ4n) is 6.15. The Balaban J connectivity index is 0.986. The summed E-state index contributed by atoms with van der Waals surface area (Å²) in [6, 6.07) is 31.6. The number of hydrogen-bond donors (Lipinski definition) is 2. The molecule has 0 aromatic heterocycles. The lowest BCUT2D eigenvalue weighted by atomic mass is 10.00. The molecule has 6 rings (SSSR count). The molecule has 0 saturated carbocycles. The van der Waals surface area contributed by atoms with Crippen molar-refractivity contribution in [1.82, 2.24) is 9.80 Å². The molecule has 2 amide bonds. The largest absolute Gasteiger partial charge is 0.353 e. The van der Waals surface area contributed by atoms with Crippen LogP contribution in [0, 0.1) is 22.7 Å². The molecular formula is C39H34N6O2S4. The molecule has 0 bridgehead atoms. The van der Waals surface area contributed by atoms with Gasteiger partial charge >= 0.3 is 0 Å². The van der Waals surface area contributed by atoms with Crippen LogP contribution in [0.5, 0.6) is 0 Å². The number of benzene rings is 4. The molecule has 2 aliphatic rings. The van der Waals surface area contributed by atoms with E-state index >= 15 is 0 Å². The minimum absolute atomic E-state index is 0.141. The number of thioether (sulfide) groups is 2. The highest BCUT2D eigenvalue weighted by Gasteiger charge is 2.21. The lowest BCUT2D eigenvalue weighted by Gasteiger charge is -2.30. The van der Waals surface area contributed by atoms with Crippen LogP contribution in [0.15, 0.2) is 84.9 Å². The Morgan fingerprint density at radius 2 is 1.06 bits per heavy atom. The molecule has 4 aromatic rings. The van der Waals surface area contributed by atoms with Gasteiger partial charge in [0.2, 0.25) is 11.8 Å². The summed E-state index contributed by atoms with van der Waals surface area (Å²) >= 11 is 13.9. The molecule has 0 saturated heterocycles. The van der Waals surface area contributed by atoms with Gasteiger partial charge in [-0.1, -0.05) is 109 Å². The fraction of sp³-hybridized carbons (Fsp3) is 0.231. The summed E-state index contributed by atoms with van der Waals surface area (Å²) < 4.78 is 1.36. The van der Waals surface area contributed by atoms with E-state index in [1.165, 1.54) is 45.8 Å². The molecule has 12 heteroatoms. The number of anilines is 2. The summed E-state index contributed by atoms with van der Waals surface area (Å²) in [7, 11) is 0. The fourth-order valence-corrected chi connectivity index (χ4v) is 8.15. The molecule has 0 atom stereocenters. The molecule has 0 unspecified atom stereocenters. The van der Waals surface area contributed by atoms with Gasteiger partial charge in [-0.2, -0.15) is 10.5 Å². The zero-order valence-corrected chi connectivity index (χ0v) is 31.0. The van der Waals surface area contributed by atoms with Gasteiger partial charge in [0.05, 0.1) is 34.0 Å². The lowest BCUT2D eigenvalue weighted by molar-refractivity contribution is -0.114. The SMILES string of the molecule is N#Cc1cc(Cc2ccc(NC(=O)CSC(=S)N3CCc4ccccc4C3)c(C#N)c2)ccc1NC(=O)CSC(=S)N1CCc2ccccc2C1.